The second-order valence-corrected chi connectivity index (χ2v) is 5.26. The van der Waals surface area contributed by atoms with Crippen LogP contribution in [0.5, 0.6) is 5.75 Å². The number of ether oxygens (including phenoxy) is 1. The van der Waals surface area contributed by atoms with E-state index in [4.69, 9.17) is 4.74 Å². The standard InChI is InChI=1S/C19H19N3O2/c1-24-18-7-3-2-6-15(18)14-20-19(23)21-16-8-10-17(11-9-16)22-12-4-5-13-22/h2-13H,14H2,1H3,(H2,20,21,23). The number of hydrogen-bond acceptors (Lipinski definition) is 2. The highest BCUT2D eigenvalue weighted by Gasteiger charge is 2.05. The quantitative estimate of drug-likeness (QED) is 0.751. The Morgan fingerprint density at radius 3 is 2.42 bits per heavy atom. The summed E-state index contributed by atoms with van der Waals surface area (Å²) < 4.78 is 7.28. The van der Waals surface area contributed by atoms with E-state index in [1.165, 1.54) is 0 Å². The number of para-hydroxylation sites is 1. The summed E-state index contributed by atoms with van der Waals surface area (Å²) in [6.07, 6.45) is 3.95. The molecule has 2 aromatic carbocycles. The minimum Gasteiger partial charge on any atom is -0.496 e. The molecule has 1 aromatic heterocycles. The minimum atomic E-state index is -0.255. The lowest BCUT2D eigenvalue weighted by Crippen LogP contribution is -2.28. The van der Waals surface area contributed by atoms with Gasteiger partial charge in [0.15, 0.2) is 0 Å². The minimum absolute atomic E-state index is 0.255. The number of benzene rings is 2. The van der Waals surface area contributed by atoms with E-state index in [1.54, 1.807) is 7.11 Å². The molecule has 0 aliphatic heterocycles. The zero-order chi connectivity index (χ0) is 16.8. The average molecular weight is 321 g/mol. The lowest BCUT2D eigenvalue weighted by atomic mass is 10.2. The van der Waals surface area contributed by atoms with Crippen LogP contribution in [0.25, 0.3) is 5.69 Å². The van der Waals surface area contributed by atoms with Crippen LogP contribution in [-0.4, -0.2) is 17.7 Å². The van der Waals surface area contributed by atoms with Crippen molar-refractivity contribution >= 4 is 11.7 Å². The van der Waals surface area contributed by atoms with E-state index in [9.17, 15) is 4.79 Å². The molecule has 0 radical (unpaired) electrons. The molecule has 0 bridgehead atoms. The first-order valence-corrected chi connectivity index (χ1v) is 7.66. The maximum absolute atomic E-state index is 12.0. The fraction of sp³-hybridized carbons (Fsp3) is 0.105. The molecule has 0 unspecified atom stereocenters. The Kier molecular flexibility index (Phi) is 4.81. The molecule has 3 aromatic rings. The number of aromatic nitrogens is 1. The van der Waals surface area contributed by atoms with Crippen molar-refractivity contribution in [3.05, 3.63) is 78.6 Å². The van der Waals surface area contributed by atoms with E-state index in [0.29, 0.717) is 6.54 Å². The summed E-state index contributed by atoms with van der Waals surface area (Å²) in [4.78, 5) is 12.0. The molecule has 1 heterocycles. The van der Waals surface area contributed by atoms with E-state index >= 15 is 0 Å². The molecule has 2 amide bonds. The van der Waals surface area contributed by atoms with Gasteiger partial charge in [-0.25, -0.2) is 4.79 Å². The molecule has 5 nitrogen and oxygen atoms in total. The number of carbonyl (C=O) groups excluding carboxylic acids is 1. The molecular formula is C19H19N3O2. The van der Waals surface area contributed by atoms with Crippen LogP contribution < -0.4 is 15.4 Å². The Morgan fingerprint density at radius 1 is 1.00 bits per heavy atom. The van der Waals surface area contributed by atoms with Crippen LogP contribution >= 0.6 is 0 Å². The third-order valence-electron chi connectivity index (χ3n) is 3.66. The van der Waals surface area contributed by atoms with Crippen LogP contribution in [0.3, 0.4) is 0 Å². The maximum Gasteiger partial charge on any atom is 0.319 e. The molecular weight excluding hydrogens is 302 g/mol. The number of nitrogens with one attached hydrogen (secondary N) is 2. The normalized spacial score (nSPS) is 10.2. The van der Waals surface area contributed by atoms with Gasteiger partial charge in [0.2, 0.25) is 0 Å². The Bertz CT molecular complexity index is 796. The SMILES string of the molecule is COc1ccccc1CNC(=O)Nc1ccc(-n2cccc2)cc1. The summed E-state index contributed by atoms with van der Waals surface area (Å²) >= 11 is 0. The monoisotopic (exact) mass is 321 g/mol. The van der Waals surface area contributed by atoms with Gasteiger partial charge < -0.3 is 19.9 Å². The molecule has 5 heteroatoms. The topological polar surface area (TPSA) is 55.3 Å². The Balaban J connectivity index is 1.57. The number of carbonyl (C=O) groups is 1. The molecule has 0 saturated heterocycles. The van der Waals surface area contributed by atoms with E-state index in [-0.39, 0.29) is 6.03 Å². The summed E-state index contributed by atoms with van der Waals surface area (Å²) in [7, 11) is 1.62. The second-order valence-electron chi connectivity index (χ2n) is 5.26. The van der Waals surface area contributed by atoms with Gasteiger partial charge in [-0.3, -0.25) is 0 Å². The van der Waals surface area contributed by atoms with Crippen LogP contribution in [0.1, 0.15) is 5.56 Å². The number of nitrogens with zero attached hydrogens (tertiary/aromatic N) is 1. The fourth-order valence-corrected chi connectivity index (χ4v) is 2.42. The highest BCUT2D eigenvalue weighted by Crippen LogP contribution is 2.17. The van der Waals surface area contributed by atoms with Crippen LogP contribution in [-0.2, 0) is 6.54 Å². The molecule has 0 fully saturated rings. The number of amides is 2. The molecule has 0 atom stereocenters. The van der Waals surface area contributed by atoms with Crippen molar-refractivity contribution in [2.24, 2.45) is 0 Å². The predicted octanol–water partition coefficient (Wildman–Crippen LogP) is 3.81. The smallest absolute Gasteiger partial charge is 0.319 e. The molecule has 0 aliphatic rings. The first-order valence-electron chi connectivity index (χ1n) is 7.66. The van der Waals surface area contributed by atoms with Crippen molar-refractivity contribution in [3.8, 4) is 11.4 Å². The number of hydrogen-bond donors (Lipinski definition) is 2. The van der Waals surface area contributed by atoms with E-state index in [2.05, 4.69) is 10.6 Å². The Hall–Kier alpha value is -3.21. The lowest BCUT2D eigenvalue weighted by Gasteiger charge is -2.11. The van der Waals surface area contributed by atoms with Gasteiger partial charge in [0, 0.05) is 35.9 Å². The summed E-state index contributed by atoms with van der Waals surface area (Å²) in [6, 6.07) is 18.9. The van der Waals surface area contributed by atoms with Crippen molar-refractivity contribution in [2.45, 2.75) is 6.54 Å². The Morgan fingerprint density at radius 2 is 1.71 bits per heavy atom. The molecule has 2 N–H and O–H groups in total. The second kappa shape index (κ2) is 7.37. The summed E-state index contributed by atoms with van der Waals surface area (Å²) in [5, 5.41) is 5.65. The zero-order valence-electron chi connectivity index (χ0n) is 13.4. The van der Waals surface area contributed by atoms with E-state index in [0.717, 1.165) is 22.7 Å². The third kappa shape index (κ3) is 3.76. The van der Waals surface area contributed by atoms with E-state index < -0.39 is 0 Å². The number of methoxy groups -OCH3 is 1. The van der Waals surface area contributed by atoms with Gasteiger partial charge in [0.25, 0.3) is 0 Å². The molecule has 122 valence electrons. The first-order chi connectivity index (χ1) is 11.8. The molecule has 0 saturated carbocycles. The molecule has 0 aliphatic carbocycles. The molecule has 0 spiro atoms. The average Bonchev–Trinajstić information content (AvgIpc) is 3.15. The van der Waals surface area contributed by atoms with Gasteiger partial charge in [-0.15, -0.1) is 0 Å². The zero-order valence-corrected chi connectivity index (χ0v) is 13.4. The van der Waals surface area contributed by atoms with Crippen molar-refractivity contribution in [1.82, 2.24) is 9.88 Å². The maximum atomic E-state index is 12.0. The highest BCUT2D eigenvalue weighted by atomic mass is 16.5. The van der Waals surface area contributed by atoms with Gasteiger partial charge >= 0.3 is 6.03 Å². The molecule has 24 heavy (non-hydrogen) atoms. The van der Waals surface area contributed by atoms with Crippen molar-refractivity contribution in [3.63, 3.8) is 0 Å². The van der Waals surface area contributed by atoms with Gasteiger partial charge in [-0.2, -0.15) is 0 Å². The van der Waals surface area contributed by atoms with Gasteiger partial charge in [-0.05, 0) is 42.5 Å². The third-order valence-corrected chi connectivity index (χ3v) is 3.66. The van der Waals surface area contributed by atoms with Gasteiger partial charge in [0.05, 0.1) is 7.11 Å². The summed E-state index contributed by atoms with van der Waals surface area (Å²) in [5.41, 5.74) is 2.71. The molecule has 3 rings (SSSR count). The number of anilines is 1. The first kappa shape index (κ1) is 15.7. The van der Waals surface area contributed by atoms with Crippen LogP contribution in [0.15, 0.2) is 73.1 Å². The highest BCUT2D eigenvalue weighted by molar-refractivity contribution is 5.89. The number of urea groups is 1. The number of rotatable bonds is 5. The van der Waals surface area contributed by atoms with E-state index in [1.807, 2.05) is 77.6 Å². The summed E-state index contributed by atoms with van der Waals surface area (Å²) in [6.45, 7) is 0.400. The summed E-state index contributed by atoms with van der Waals surface area (Å²) in [5.74, 6) is 0.758. The van der Waals surface area contributed by atoms with Crippen LogP contribution in [0, 0.1) is 0 Å². The predicted molar refractivity (Wildman–Crippen MR) is 94.6 cm³/mol. The van der Waals surface area contributed by atoms with Crippen LogP contribution in [0.4, 0.5) is 10.5 Å². The van der Waals surface area contributed by atoms with Gasteiger partial charge in [0.1, 0.15) is 5.75 Å². The van der Waals surface area contributed by atoms with Crippen LogP contribution in [0.2, 0.25) is 0 Å². The van der Waals surface area contributed by atoms with Crippen molar-refractivity contribution in [1.29, 1.82) is 0 Å². The largest absolute Gasteiger partial charge is 0.496 e. The van der Waals surface area contributed by atoms with Gasteiger partial charge in [-0.1, -0.05) is 18.2 Å². The van der Waals surface area contributed by atoms with Crippen molar-refractivity contribution < 1.29 is 9.53 Å². The Labute approximate surface area is 140 Å². The fourth-order valence-electron chi connectivity index (χ4n) is 2.42. The van der Waals surface area contributed by atoms with Crippen molar-refractivity contribution in [2.75, 3.05) is 12.4 Å². The lowest BCUT2D eigenvalue weighted by molar-refractivity contribution is 0.251.